The Labute approximate surface area is 134 Å². The highest BCUT2D eigenvalue weighted by atomic mass is 32.1. The number of nitrogens with zero attached hydrogens (tertiary/aromatic N) is 1. The van der Waals surface area contributed by atoms with Crippen molar-refractivity contribution in [3.8, 4) is 0 Å². The molecule has 5 heteroatoms. The van der Waals surface area contributed by atoms with Crippen LogP contribution < -0.4 is 0 Å². The summed E-state index contributed by atoms with van der Waals surface area (Å²) in [5.74, 6) is -0.429. The number of thiazole rings is 1. The summed E-state index contributed by atoms with van der Waals surface area (Å²) in [5, 5.41) is 12.4. The number of ether oxygens (including phenoxy) is 1. The second-order valence-electron chi connectivity index (χ2n) is 5.04. The van der Waals surface area contributed by atoms with Crippen molar-refractivity contribution in [1.82, 2.24) is 4.98 Å². The Bertz CT molecular complexity index is 583. The third-order valence-corrected chi connectivity index (χ3v) is 4.27. The first-order chi connectivity index (χ1) is 10.7. The zero-order valence-electron chi connectivity index (χ0n) is 12.7. The second-order valence-corrected chi connectivity index (χ2v) is 5.93. The average molecular weight is 319 g/mol. The summed E-state index contributed by atoms with van der Waals surface area (Å²) in [4.78, 5) is 15.7. The predicted molar refractivity (Wildman–Crippen MR) is 87.0 cm³/mol. The molecule has 0 bridgehead atoms. The van der Waals surface area contributed by atoms with Crippen LogP contribution in [0.25, 0.3) is 0 Å². The van der Waals surface area contributed by atoms with Crippen LogP contribution in [0.1, 0.15) is 53.3 Å². The SMILES string of the molecule is CCOC(=O)c1csc(C(O)CCCCc2ccccc2)n1. The van der Waals surface area contributed by atoms with E-state index < -0.39 is 12.1 Å². The Morgan fingerprint density at radius 1 is 1.32 bits per heavy atom. The van der Waals surface area contributed by atoms with Gasteiger partial charge < -0.3 is 9.84 Å². The molecule has 1 aromatic carbocycles. The number of rotatable bonds is 8. The summed E-state index contributed by atoms with van der Waals surface area (Å²) < 4.78 is 4.89. The van der Waals surface area contributed by atoms with Gasteiger partial charge in [0.2, 0.25) is 0 Å². The van der Waals surface area contributed by atoms with Gasteiger partial charge in [0.25, 0.3) is 0 Å². The molecule has 0 aliphatic heterocycles. The summed E-state index contributed by atoms with van der Waals surface area (Å²) in [6.45, 7) is 2.08. The molecule has 0 amide bonds. The summed E-state index contributed by atoms with van der Waals surface area (Å²) in [6, 6.07) is 10.3. The maximum Gasteiger partial charge on any atom is 0.357 e. The van der Waals surface area contributed by atoms with Crippen molar-refractivity contribution < 1.29 is 14.6 Å². The normalized spacial score (nSPS) is 12.1. The minimum atomic E-state index is -0.607. The monoisotopic (exact) mass is 319 g/mol. The van der Waals surface area contributed by atoms with Gasteiger partial charge in [0.05, 0.1) is 6.61 Å². The quantitative estimate of drug-likeness (QED) is 0.594. The lowest BCUT2D eigenvalue weighted by molar-refractivity contribution is 0.0519. The average Bonchev–Trinajstić information content (AvgIpc) is 3.03. The van der Waals surface area contributed by atoms with Gasteiger partial charge in [-0.15, -0.1) is 11.3 Å². The predicted octanol–water partition coefficient (Wildman–Crippen LogP) is 3.77. The van der Waals surface area contributed by atoms with E-state index in [4.69, 9.17) is 4.74 Å². The molecule has 0 radical (unpaired) electrons. The topological polar surface area (TPSA) is 59.4 Å². The Morgan fingerprint density at radius 2 is 2.09 bits per heavy atom. The standard InChI is InChI=1S/C17H21NO3S/c1-2-21-17(20)14-12-22-16(18-14)15(19)11-7-6-10-13-8-4-3-5-9-13/h3-5,8-9,12,15,19H,2,6-7,10-11H2,1H3. The number of carbonyl (C=O) groups is 1. The van der Waals surface area contributed by atoms with Gasteiger partial charge in [-0.05, 0) is 31.7 Å². The van der Waals surface area contributed by atoms with Crippen LogP contribution in [0, 0.1) is 0 Å². The molecule has 4 nitrogen and oxygen atoms in total. The van der Waals surface area contributed by atoms with Crippen LogP contribution in [0.15, 0.2) is 35.7 Å². The summed E-state index contributed by atoms with van der Waals surface area (Å²) in [5.41, 5.74) is 1.60. The molecule has 1 heterocycles. The highest BCUT2D eigenvalue weighted by Crippen LogP contribution is 2.23. The zero-order chi connectivity index (χ0) is 15.8. The molecule has 2 rings (SSSR count). The first-order valence-electron chi connectivity index (χ1n) is 7.55. The number of aliphatic hydroxyl groups excluding tert-OH is 1. The molecule has 118 valence electrons. The Morgan fingerprint density at radius 3 is 2.82 bits per heavy atom. The van der Waals surface area contributed by atoms with Crippen LogP contribution >= 0.6 is 11.3 Å². The molecule has 0 aliphatic carbocycles. The van der Waals surface area contributed by atoms with Crippen LogP contribution in [0.3, 0.4) is 0 Å². The lowest BCUT2D eigenvalue weighted by atomic mass is 10.1. The molecule has 0 fully saturated rings. The van der Waals surface area contributed by atoms with Gasteiger partial charge in [-0.3, -0.25) is 0 Å². The minimum Gasteiger partial charge on any atom is -0.461 e. The lowest BCUT2D eigenvalue weighted by Gasteiger charge is -2.07. The minimum absolute atomic E-state index is 0.283. The third-order valence-electron chi connectivity index (χ3n) is 3.33. The van der Waals surface area contributed by atoms with E-state index >= 15 is 0 Å². The van der Waals surface area contributed by atoms with Gasteiger partial charge in [0.15, 0.2) is 5.69 Å². The number of aryl methyl sites for hydroxylation is 1. The van der Waals surface area contributed by atoms with E-state index in [1.807, 2.05) is 18.2 Å². The van der Waals surface area contributed by atoms with Gasteiger partial charge >= 0.3 is 5.97 Å². The fourth-order valence-electron chi connectivity index (χ4n) is 2.17. The van der Waals surface area contributed by atoms with Crippen LogP contribution in [0.4, 0.5) is 0 Å². The molecule has 1 atom stereocenters. The van der Waals surface area contributed by atoms with Gasteiger partial charge in [-0.25, -0.2) is 9.78 Å². The van der Waals surface area contributed by atoms with E-state index in [1.165, 1.54) is 16.9 Å². The fourth-order valence-corrected chi connectivity index (χ4v) is 2.98. The van der Waals surface area contributed by atoms with E-state index in [0.717, 1.165) is 19.3 Å². The molecule has 1 aromatic heterocycles. The number of benzene rings is 1. The molecule has 0 saturated carbocycles. The molecule has 0 saturated heterocycles. The molecule has 0 spiro atoms. The first kappa shape index (κ1) is 16.6. The van der Waals surface area contributed by atoms with E-state index in [9.17, 15) is 9.90 Å². The van der Waals surface area contributed by atoms with E-state index in [1.54, 1.807) is 12.3 Å². The molecular weight excluding hydrogens is 298 g/mol. The molecule has 1 N–H and O–H groups in total. The molecule has 0 aliphatic rings. The first-order valence-corrected chi connectivity index (χ1v) is 8.43. The number of hydrogen-bond donors (Lipinski definition) is 1. The number of carbonyl (C=O) groups excluding carboxylic acids is 1. The molecule has 2 aromatic rings. The number of unbranched alkanes of at least 4 members (excludes halogenated alkanes) is 1. The van der Waals surface area contributed by atoms with Crippen molar-refractivity contribution >= 4 is 17.3 Å². The van der Waals surface area contributed by atoms with Crippen molar-refractivity contribution in [3.05, 3.63) is 52.0 Å². The van der Waals surface area contributed by atoms with Gasteiger partial charge in [0, 0.05) is 5.38 Å². The summed E-state index contributed by atoms with van der Waals surface area (Å²) in [7, 11) is 0. The van der Waals surface area contributed by atoms with Crippen LogP contribution in [-0.4, -0.2) is 22.7 Å². The number of hydrogen-bond acceptors (Lipinski definition) is 5. The van der Waals surface area contributed by atoms with Crippen LogP contribution in [0.5, 0.6) is 0 Å². The number of esters is 1. The highest BCUT2D eigenvalue weighted by molar-refractivity contribution is 7.09. The molecule has 22 heavy (non-hydrogen) atoms. The Kier molecular flexibility index (Phi) is 6.55. The van der Waals surface area contributed by atoms with Gasteiger partial charge in [-0.1, -0.05) is 36.8 Å². The number of aromatic nitrogens is 1. The fraction of sp³-hybridized carbons (Fsp3) is 0.412. The van der Waals surface area contributed by atoms with Crippen molar-refractivity contribution in [3.63, 3.8) is 0 Å². The van der Waals surface area contributed by atoms with Crippen LogP contribution in [0.2, 0.25) is 0 Å². The molecule has 1 unspecified atom stereocenters. The number of aliphatic hydroxyl groups is 1. The lowest BCUT2D eigenvalue weighted by Crippen LogP contribution is -2.06. The largest absolute Gasteiger partial charge is 0.461 e. The van der Waals surface area contributed by atoms with Crippen molar-refractivity contribution in [1.29, 1.82) is 0 Å². The maximum absolute atomic E-state index is 11.5. The van der Waals surface area contributed by atoms with Gasteiger partial charge in [-0.2, -0.15) is 0 Å². The smallest absolute Gasteiger partial charge is 0.357 e. The van der Waals surface area contributed by atoms with Crippen molar-refractivity contribution in [2.75, 3.05) is 6.61 Å². The molecular formula is C17H21NO3S. The zero-order valence-corrected chi connectivity index (χ0v) is 13.5. The van der Waals surface area contributed by atoms with Gasteiger partial charge in [0.1, 0.15) is 11.1 Å². The van der Waals surface area contributed by atoms with Crippen molar-refractivity contribution in [2.24, 2.45) is 0 Å². The third kappa shape index (κ3) is 4.93. The Balaban J connectivity index is 1.75. The highest BCUT2D eigenvalue weighted by Gasteiger charge is 2.16. The van der Waals surface area contributed by atoms with Crippen molar-refractivity contribution in [2.45, 2.75) is 38.7 Å². The van der Waals surface area contributed by atoms with Crippen LogP contribution in [-0.2, 0) is 11.2 Å². The van der Waals surface area contributed by atoms with E-state index in [2.05, 4.69) is 17.1 Å². The maximum atomic E-state index is 11.5. The second kappa shape index (κ2) is 8.66. The summed E-state index contributed by atoms with van der Waals surface area (Å²) in [6.07, 6.45) is 3.01. The van der Waals surface area contributed by atoms with E-state index in [0.29, 0.717) is 18.0 Å². The Hall–Kier alpha value is -1.72. The van der Waals surface area contributed by atoms with E-state index in [-0.39, 0.29) is 5.69 Å². The summed E-state index contributed by atoms with van der Waals surface area (Å²) >= 11 is 1.30.